The van der Waals surface area contributed by atoms with Gasteiger partial charge in [-0.15, -0.1) is 0 Å². The van der Waals surface area contributed by atoms with Gasteiger partial charge in [0.25, 0.3) is 0 Å². The molecule has 0 atom stereocenters. The zero-order valence-corrected chi connectivity index (χ0v) is 9.50. The Bertz CT molecular complexity index is 426. The molecular weight excluding hydrogens is 258 g/mol. The van der Waals surface area contributed by atoms with E-state index < -0.39 is 17.5 Å². The van der Waals surface area contributed by atoms with Crippen molar-refractivity contribution in [3.8, 4) is 0 Å². The molecule has 17 heavy (non-hydrogen) atoms. The van der Waals surface area contributed by atoms with Crippen molar-refractivity contribution in [3.05, 3.63) is 34.6 Å². The molecule has 1 aliphatic rings. The first-order valence-corrected chi connectivity index (χ1v) is 5.48. The Morgan fingerprint density at radius 1 is 1.29 bits per heavy atom. The van der Waals surface area contributed by atoms with Gasteiger partial charge in [0.05, 0.1) is 5.02 Å². The van der Waals surface area contributed by atoms with E-state index in [1.807, 2.05) is 0 Å². The molecular formula is C11H10ClF4N. The highest BCUT2D eigenvalue weighted by atomic mass is 35.5. The van der Waals surface area contributed by atoms with Gasteiger partial charge in [-0.2, -0.15) is 13.2 Å². The van der Waals surface area contributed by atoms with E-state index in [9.17, 15) is 17.6 Å². The van der Waals surface area contributed by atoms with E-state index in [1.165, 1.54) is 18.2 Å². The molecule has 0 spiro atoms. The lowest BCUT2D eigenvalue weighted by molar-refractivity contribution is -0.166. The van der Waals surface area contributed by atoms with Crippen molar-refractivity contribution in [2.75, 3.05) is 0 Å². The molecule has 0 aliphatic heterocycles. The maximum absolute atomic E-state index is 13.4. The average molecular weight is 268 g/mol. The molecule has 0 amide bonds. The summed E-state index contributed by atoms with van der Waals surface area (Å²) in [5.41, 5.74) is -1.69. The molecule has 1 fully saturated rings. The summed E-state index contributed by atoms with van der Waals surface area (Å²) in [5.74, 6) is -0.667. The highest BCUT2D eigenvalue weighted by Gasteiger charge is 2.62. The zero-order chi connectivity index (χ0) is 12.7. The molecule has 1 aromatic rings. The lowest BCUT2D eigenvalue weighted by Crippen LogP contribution is -2.44. The molecule has 0 heterocycles. The van der Waals surface area contributed by atoms with E-state index in [1.54, 1.807) is 0 Å². The summed E-state index contributed by atoms with van der Waals surface area (Å²) in [6.07, 6.45) is -4.21. The van der Waals surface area contributed by atoms with Crippen molar-refractivity contribution in [3.63, 3.8) is 0 Å². The Kier molecular flexibility index (Phi) is 3.08. The Balaban J connectivity index is 2.06. The van der Waals surface area contributed by atoms with E-state index >= 15 is 0 Å². The molecule has 1 N–H and O–H groups in total. The largest absolute Gasteiger partial charge is 0.406 e. The summed E-state index contributed by atoms with van der Waals surface area (Å²) >= 11 is 5.54. The van der Waals surface area contributed by atoms with Crippen LogP contribution in [0.4, 0.5) is 17.6 Å². The first-order chi connectivity index (χ1) is 7.86. The second kappa shape index (κ2) is 4.14. The van der Waals surface area contributed by atoms with Crippen molar-refractivity contribution < 1.29 is 17.6 Å². The van der Waals surface area contributed by atoms with Crippen LogP contribution >= 0.6 is 11.6 Å². The van der Waals surface area contributed by atoms with Gasteiger partial charge in [0.2, 0.25) is 0 Å². The number of benzene rings is 1. The highest BCUT2D eigenvalue weighted by Crippen LogP contribution is 2.49. The highest BCUT2D eigenvalue weighted by molar-refractivity contribution is 6.30. The average Bonchev–Trinajstić information content (AvgIpc) is 3.00. The first-order valence-electron chi connectivity index (χ1n) is 5.10. The van der Waals surface area contributed by atoms with E-state index in [4.69, 9.17) is 11.6 Å². The molecule has 0 unspecified atom stereocenters. The summed E-state index contributed by atoms with van der Waals surface area (Å²) < 4.78 is 51.2. The number of halogens is 5. The standard InChI is InChI=1S/C11H10ClF4N/c12-8-3-1-2-7(9(8)13)6-17-10(4-5-10)11(14,15)16/h1-3,17H,4-6H2. The number of nitrogens with one attached hydrogen (secondary N) is 1. The van der Waals surface area contributed by atoms with E-state index in [0.29, 0.717) is 0 Å². The second-order valence-electron chi connectivity index (χ2n) is 4.15. The molecule has 1 aromatic carbocycles. The summed E-state index contributed by atoms with van der Waals surface area (Å²) in [6.45, 7) is -0.175. The Labute approximate surface area is 101 Å². The fourth-order valence-electron chi connectivity index (χ4n) is 1.63. The van der Waals surface area contributed by atoms with Gasteiger partial charge >= 0.3 is 6.18 Å². The molecule has 2 rings (SSSR count). The molecule has 1 aliphatic carbocycles. The van der Waals surface area contributed by atoms with Crippen LogP contribution in [0.5, 0.6) is 0 Å². The first kappa shape index (κ1) is 12.6. The lowest BCUT2D eigenvalue weighted by atomic mass is 10.2. The van der Waals surface area contributed by atoms with Crippen LogP contribution in [0.2, 0.25) is 5.02 Å². The molecule has 94 valence electrons. The Hall–Kier alpha value is -0.810. The molecule has 0 bridgehead atoms. The minimum atomic E-state index is -4.29. The van der Waals surface area contributed by atoms with Crippen LogP contribution in [-0.2, 0) is 6.54 Å². The van der Waals surface area contributed by atoms with Gasteiger partial charge in [-0.05, 0) is 18.9 Å². The fourth-order valence-corrected chi connectivity index (χ4v) is 1.83. The summed E-state index contributed by atoms with van der Waals surface area (Å²) in [5, 5.41) is 2.29. The molecule has 6 heteroatoms. The normalized spacial score (nSPS) is 18.2. The molecule has 0 radical (unpaired) electrons. The van der Waals surface area contributed by atoms with Crippen LogP contribution in [0, 0.1) is 5.82 Å². The van der Waals surface area contributed by atoms with Gasteiger partial charge in [-0.25, -0.2) is 4.39 Å². The molecule has 0 saturated heterocycles. The van der Waals surface area contributed by atoms with Gasteiger partial charge in [0.15, 0.2) is 0 Å². The van der Waals surface area contributed by atoms with Crippen LogP contribution in [0.3, 0.4) is 0 Å². The van der Waals surface area contributed by atoms with Crippen molar-refractivity contribution in [1.82, 2.24) is 5.32 Å². The fraction of sp³-hybridized carbons (Fsp3) is 0.455. The monoisotopic (exact) mass is 267 g/mol. The van der Waals surface area contributed by atoms with Crippen LogP contribution in [-0.4, -0.2) is 11.7 Å². The van der Waals surface area contributed by atoms with Crippen LogP contribution in [0.1, 0.15) is 18.4 Å². The predicted octanol–water partition coefficient (Wildman–Crippen LogP) is 3.66. The van der Waals surface area contributed by atoms with Gasteiger partial charge in [0.1, 0.15) is 11.4 Å². The van der Waals surface area contributed by atoms with Crippen molar-refractivity contribution in [1.29, 1.82) is 0 Å². The number of hydrogen-bond acceptors (Lipinski definition) is 1. The molecule has 0 aromatic heterocycles. The number of alkyl halides is 3. The van der Waals surface area contributed by atoms with E-state index in [-0.39, 0.29) is 30.0 Å². The van der Waals surface area contributed by atoms with Crippen molar-refractivity contribution in [2.45, 2.75) is 31.1 Å². The summed E-state index contributed by atoms with van der Waals surface area (Å²) in [4.78, 5) is 0. The van der Waals surface area contributed by atoms with Gasteiger partial charge < -0.3 is 0 Å². The van der Waals surface area contributed by atoms with Crippen molar-refractivity contribution in [2.24, 2.45) is 0 Å². The number of hydrogen-bond donors (Lipinski definition) is 1. The van der Waals surface area contributed by atoms with Crippen molar-refractivity contribution >= 4 is 11.6 Å². The van der Waals surface area contributed by atoms with Crippen LogP contribution in [0.15, 0.2) is 18.2 Å². The molecule has 1 saturated carbocycles. The SMILES string of the molecule is Fc1c(Cl)cccc1CNC1(C(F)(F)F)CC1. The quantitative estimate of drug-likeness (QED) is 0.824. The second-order valence-corrected chi connectivity index (χ2v) is 4.55. The predicted molar refractivity (Wildman–Crippen MR) is 56.3 cm³/mol. The summed E-state index contributed by atoms with van der Waals surface area (Å²) in [6, 6.07) is 4.29. The third-order valence-corrected chi connectivity index (χ3v) is 3.23. The maximum atomic E-state index is 13.4. The minimum absolute atomic E-state index is 0.0404. The third kappa shape index (κ3) is 2.40. The summed E-state index contributed by atoms with van der Waals surface area (Å²) in [7, 11) is 0. The Morgan fingerprint density at radius 3 is 2.47 bits per heavy atom. The van der Waals surface area contributed by atoms with Crippen LogP contribution < -0.4 is 5.32 Å². The number of rotatable bonds is 3. The Morgan fingerprint density at radius 2 is 1.94 bits per heavy atom. The van der Waals surface area contributed by atoms with Crippen LogP contribution in [0.25, 0.3) is 0 Å². The van der Waals surface area contributed by atoms with E-state index in [2.05, 4.69) is 5.32 Å². The topological polar surface area (TPSA) is 12.0 Å². The minimum Gasteiger partial charge on any atom is -0.299 e. The maximum Gasteiger partial charge on any atom is 0.406 e. The lowest BCUT2D eigenvalue weighted by Gasteiger charge is -2.20. The van der Waals surface area contributed by atoms with E-state index in [0.717, 1.165) is 0 Å². The van der Waals surface area contributed by atoms with Gasteiger partial charge in [-0.1, -0.05) is 23.7 Å². The third-order valence-electron chi connectivity index (χ3n) is 2.94. The van der Waals surface area contributed by atoms with Gasteiger partial charge in [0, 0.05) is 12.1 Å². The smallest absolute Gasteiger partial charge is 0.299 e. The zero-order valence-electron chi connectivity index (χ0n) is 8.74. The molecule has 1 nitrogen and oxygen atoms in total. The van der Waals surface area contributed by atoms with Gasteiger partial charge in [-0.3, -0.25) is 5.32 Å².